The van der Waals surface area contributed by atoms with Gasteiger partial charge in [0.05, 0.1) is 6.61 Å². The minimum Gasteiger partial charge on any atom is -0.466 e. The number of rotatable bonds is 34. The topological polar surface area (TPSA) is 26.3 Å². The van der Waals surface area contributed by atoms with Gasteiger partial charge in [0, 0.05) is 6.42 Å². The lowest BCUT2D eigenvalue weighted by molar-refractivity contribution is -0.145. The third-order valence-corrected chi connectivity index (χ3v) is 9.08. The molecule has 0 aromatic carbocycles. The summed E-state index contributed by atoms with van der Waals surface area (Å²) >= 11 is 0. The Labute approximate surface area is 260 Å². The van der Waals surface area contributed by atoms with Gasteiger partial charge < -0.3 is 4.74 Å². The zero-order valence-corrected chi connectivity index (χ0v) is 29.1. The summed E-state index contributed by atoms with van der Waals surface area (Å²) in [5.41, 5.74) is 0. The lowest BCUT2D eigenvalue weighted by Gasteiger charge is -2.16. The van der Waals surface area contributed by atoms with E-state index < -0.39 is 0 Å². The van der Waals surface area contributed by atoms with Gasteiger partial charge in [-0.2, -0.15) is 0 Å². The van der Waals surface area contributed by atoms with Crippen LogP contribution in [0.3, 0.4) is 0 Å². The van der Waals surface area contributed by atoms with Gasteiger partial charge in [-0.25, -0.2) is 0 Å². The van der Waals surface area contributed by atoms with Crippen molar-refractivity contribution in [2.24, 2.45) is 11.8 Å². The van der Waals surface area contributed by atoms with E-state index in [4.69, 9.17) is 4.74 Å². The molecule has 0 amide bonds. The molecule has 1 unspecified atom stereocenters. The second kappa shape index (κ2) is 34.0. The van der Waals surface area contributed by atoms with Gasteiger partial charge in [-0.15, -0.1) is 0 Å². The first-order chi connectivity index (χ1) is 20.1. The van der Waals surface area contributed by atoms with E-state index in [1.807, 2.05) is 0 Å². The molecule has 41 heavy (non-hydrogen) atoms. The SMILES string of the molecule is CCCCCCCCCCC(CCCCCCCC)CC(=O)OCCCCCCCCCCCCCCCC(C)C. The maximum absolute atomic E-state index is 12.6. The molecule has 0 fully saturated rings. The molecule has 2 heteroatoms. The van der Waals surface area contributed by atoms with Crippen molar-refractivity contribution in [3.8, 4) is 0 Å². The van der Waals surface area contributed by atoms with Crippen LogP contribution in [0.4, 0.5) is 0 Å². The van der Waals surface area contributed by atoms with E-state index in [0.717, 1.165) is 12.3 Å². The predicted octanol–water partition coefficient (Wildman–Crippen LogP) is 13.9. The molecule has 0 spiro atoms. The third-order valence-electron chi connectivity index (χ3n) is 9.08. The number of ether oxygens (including phenoxy) is 1. The maximum Gasteiger partial charge on any atom is 0.306 e. The van der Waals surface area contributed by atoms with Crippen LogP contribution in [0.25, 0.3) is 0 Å². The molecular weight excluding hydrogens is 500 g/mol. The van der Waals surface area contributed by atoms with Crippen LogP contribution in [-0.4, -0.2) is 12.6 Å². The van der Waals surface area contributed by atoms with Crippen molar-refractivity contribution >= 4 is 5.97 Å². The highest BCUT2D eigenvalue weighted by Crippen LogP contribution is 2.23. The van der Waals surface area contributed by atoms with Gasteiger partial charge in [-0.1, -0.05) is 201 Å². The lowest BCUT2D eigenvalue weighted by atomic mass is 9.91. The first-order valence-electron chi connectivity index (χ1n) is 19.3. The first kappa shape index (κ1) is 40.5. The highest BCUT2D eigenvalue weighted by atomic mass is 16.5. The zero-order valence-electron chi connectivity index (χ0n) is 29.1. The molecule has 0 aliphatic carbocycles. The Morgan fingerprint density at radius 2 is 0.756 bits per heavy atom. The van der Waals surface area contributed by atoms with Gasteiger partial charge in [0.1, 0.15) is 0 Å². The van der Waals surface area contributed by atoms with E-state index in [1.165, 1.54) is 186 Å². The zero-order chi connectivity index (χ0) is 30.1. The summed E-state index contributed by atoms with van der Waals surface area (Å²) in [7, 11) is 0. The summed E-state index contributed by atoms with van der Waals surface area (Å²) in [5.74, 6) is 1.48. The molecule has 0 aromatic heterocycles. The molecule has 1 atom stereocenters. The minimum absolute atomic E-state index is 0.0699. The fourth-order valence-corrected chi connectivity index (χ4v) is 6.21. The molecule has 0 N–H and O–H groups in total. The van der Waals surface area contributed by atoms with Crippen LogP contribution in [0.1, 0.15) is 227 Å². The van der Waals surface area contributed by atoms with E-state index in [2.05, 4.69) is 27.7 Å². The lowest BCUT2D eigenvalue weighted by Crippen LogP contribution is -2.13. The summed E-state index contributed by atoms with van der Waals surface area (Å²) < 4.78 is 5.69. The number of hydrogen-bond donors (Lipinski definition) is 0. The molecule has 0 saturated heterocycles. The third kappa shape index (κ3) is 33.8. The summed E-state index contributed by atoms with van der Waals surface area (Å²) in [5, 5.41) is 0. The normalized spacial score (nSPS) is 12.3. The van der Waals surface area contributed by atoms with E-state index >= 15 is 0 Å². The molecule has 246 valence electrons. The Hall–Kier alpha value is -0.530. The Morgan fingerprint density at radius 3 is 1.12 bits per heavy atom. The van der Waals surface area contributed by atoms with Gasteiger partial charge in [-0.05, 0) is 31.1 Å². The Kier molecular flexibility index (Phi) is 33.5. The minimum atomic E-state index is 0.0699. The highest BCUT2D eigenvalue weighted by Gasteiger charge is 2.15. The van der Waals surface area contributed by atoms with Crippen LogP contribution in [0.5, 0.6) is 0 Å². The van der Waals surface area contributed by atoms with E-state index in [0.29, 0.717) is 18.9 Å². The van der Waals surface area contributed by atoms with Crippen LogP contribution in [0.15, 0.2) is 0 Å². The van der Waals surface area contributed by atoms with Crippen molar-refractivity contribution in [3.63, 3.8) is 0 Å². The number of carbonyl (C=O) groups excluding carboxylic acids is 1. The molecular formula is C39H78O2. The summed E-state index contributed by atoms with van der Waals surface area (Å²) in [4.78, 5) is 12.6. The average Bonchev–Trinajstić information content (AvgIpc) is 2.95. The summed E-state index contributed by atoms with van der Waals surface area (Å²) in [6.45, 7) is 9.88. The van der Waals surface area contributed by atoms with Crippen molar-refractivity contribution in [1.82, 2.24) is 0 Å². The Bertz CT molecular complexity index is 500. The molecule has 0 heterocycles. The second-order valence-corrected chi connectivity index (χ2v) is 13.9. The predicted molar refractivity (Wildman–Crippen MR) is 184 cm³/mol. The summed E-state index contributed by atoms with van der Waals surface area (Å²) in [6.07, 6.45) is 41.2. The Balaban J connectivity index is 3.79. The van der Waals surface area contributed by atoms with E-state index in [9.17, 15) is 4.79 Å². The van der Waals surface area contributed by atoms with Crippen LogP contribution >= 0.6 is 0 Å². The largest absolute Gasteiger partial charge is 0.466 e. The van der Waals surface area contributed by atoms with Crippen molar-refractivity contribution in [2.45, 2.75) is 227 Å². The first-order valence-corrected chi connectivity index (χ1v) is 19.3. The maximum atomic E-state index is 12.6. The van der Waals surface area contributed by atoms with Crippen LogP contribution in [0.2, 0.25) is 0 Å². The van der Waals surface area contributed by atoms with Gasteiger partial charge in [0.25, 0.3) is 0 Å². The second-order valence-electron chi connectivity index (χ2n) is 13.9. The highest BCUT2D eigenvalue weighted by molar-refractivity contribution is 5.69. The van der Waals surface area contributed by atoms with Gasteiger partial charge >= 0.3 is 5.97 Å². The van der Waals surface area contributed by atoms with Gasteiger partial charge in [0.2, 0.25) is 0 Å². The van der Waals surface area contributed by atoms with Crippen LogP contribution < -0.4 is 0 Å². The number of carbonyl (C=O) groups is 1. The molecule has 0 saturated carbocycles. The quantitative estimate of drug-likeness (QED) is 0.0560. The molecule has 0 rings (SSSR count). The molecule has 0 bridgehead atoms. The van der Waals surface area contributed by atoms with Gasteiger partial charge in [0.15, 0.2) is 0 Å². The molecule has 0 aliphatic heterocycles. The van der Waals surface area contributed by atoms with Crippen molar-refractivity contribution in [1.29, 1.82) is 0 Å². The summed E-state index contributed by atoms with van der Waals surface area (Å²) in [6, 6.07) is 0. The van der Waals surface area contributed by atoms with Crippen molar-refractivity contribution < 1.29 is 9.53 Å². The smallest absolute Gasteiger partial charge is 0.306 e. The van der Waals surface area contributed by atoms with Gasteiger partial charge in [-0.3, -0.25) is 4.79 Å². The van der Waals surface area contributed by atoms with Crippen LogP contribution in [0, 0.1) is 11.8 Å². The molecule has 0 aromatic rings. The number of esters is 1. The molecule has 0 radical (unpaired) electrons. The monoisotopic (exact) mass is 579 g/mol. The fraction of sp³-hybridized carbons (Fsp3) is 0.974. The van der Waals surface area contributed by atoms with Crippen molar-refractivity contribution in [2.75, 3.05) is 6.61 Å². The molecule has 0 aliphatic rings. The van der Waals surface area contributed by atoms with E-state index in [-0.39, 0.29) is 5.97 Å². The molecule has 2 nitrogen and oxygen atoms in total. The average molecular weight is 579 g/mol. The Morgan fingerprint density at radius 1 is 0.439 bits per heavy atom. The number of hydrogen-bond acceptors (Lipinski definition) is 2. The standard InChI is InChI=1S/C39H78O2/c1-5-7-9-11-13-22-26-30-34-38(33-29-25-12-10-8-6-2)36-39(40)41-35-31-27-23-20-18-16-14-15-17-19-21-24-28-32-37(3)4/h37-38H,5-36H2,1-4H3. The van der Waals surface area contributed by atoms with E-state index in [1.54, 1.807) is 0 Å². The fourth-order valence-electron chi connectivity index (χ4n) is 6.21. The van der Waals surface area contributed by atoms with Crippen molar-refractivity contribution in [3.05, 3.63) is 0 Å². The van der Waals surface area contributed by atoms with Crippen LogP contribution in [-0.2, 0) is 9.53 Å². The number of unbranched alkanes of at least 4 members (excludes halogenated alkanes) is 24.